The maximum atomic E-state index is 15.0. The van der Waals surface area contributed by atoms with E-state index in [4.69, 9.17) is 4.98 Å². The fourth-order valence-electron chi connectivity index (χ4n) is 5.49. The van der Waals surface area contributed by atoms with E-state index < -0.39 is 5.82 Å². The molecule has 1 saturated heterocycles. The fourth-order valence-corrected chi connectivity index (χ4v) is 5.49. The molecule has 39 heavy (non-hydrogen) atoms. The molecule has 8 nitrogen and oxygen atoms in total. The lowest BCUT2D eigenvalue weighted by Crippen LogP contribution is -2.45. The number of likely N-dealkylation sites (tertiary alicyclic amines) is 1. The molecule has 3 aromatic carbocycles. The van der Waals surface area contributed by atoms with E-state index in [0.717, 1.165) is 54.6 Å². The van der Waals surface area contributed by atoms with Crippen LogP contribution in [0, 0.1) is 11.7 Å². The number of fused-ring (bicyclic) bond motifs is 2. The van der Waals surface area contributed by atoms with E-state index >= 15 is 0 Å². The number of aromatic hydroxyl groups is 1. The number of nitrogens with zero attached hydrogens (tertiary/aromatic N) is 5. The Morgan fingerprint density at radius 1 is 1.00 bits per heavy atom. The molecule has 1 aliphatic carbocycles. The molecule has 0 bridgehead atoms. The fraction of sp³-hybridized carbons (Fsp3) is 0.267. The largest absolute Gasteiger partial charge is 0.508 e. The van der Waals surface area contributed by atoms with Crippen molar-refractivity contribution in [2.24, 2.45) is 5.92 Å². The Balaban J connectivity index is 1.28. The minimum Gasteiger partial charge on any atom is -0.508 e. The smallest absolute Gasteiger partial charge is 0.225 e. The molecule has 3 heterocycles. The molecule has 2 fully saturated rings. The standard InChI is InChI=1S/C30H27FN6O2/c31-24-15-23(38)16-25-27(24)35-28(21-10-7-18-4-1-2-5-20(18)14-21)37(25)26-11-12-32-30(34-26)33-22-6-3-13-36(17-22)29(39)19-8-9-19/h1-2,4-5,7,10-12,14-16,19,22,38H,3,6,8-9,13,17H2,(H,32,33,34)/t22-/m0/s1. The molecule has 196 valence electrons. The van der Waals surface area contributed by atoms with Crippen LogP contribution in [0.1, 0.15) is 25.7 Å². The summed E-state index contributed by atoms with van der Waals surface area (Å²) in [5.74, 6) is 1.06. The second-order valence-corrected chi connectivity index (χ2v) is 10.4. The van der Waals surface area contributed by atoms with Crippen LogP contribution in [0.25, 0.3) is 39.0 Å². The van der Waals surface area contributed by atoms with Crippen molar-refractivity contribution >= 4 is 33.7 Å². The van der Waals surface area contributed by atoms with Gasteiger partial charge in [0.2, 0.25) is 11.9 Å². The summed E-state index contributed by atoms with van der Waals surface area (Å²) in [4.78, 5) is 28.4. The van der Waals surface area contributed by atoms with Crippen LogP contribution in [0.2, 0.25) is 0 Å². The van der Waals surface area contributed by atoms with Gasteiger partial charge in [-0.25, -0.2) is 14.4 Å². The second kappa shape index (κ2) is 9.34. The Bertz CT molecular complexity index is 1730. The molecule has 5 aromatic rings. The van der Waals surface area contributed by atoms with E-state index in [1.807, 2.05) is 47.4 Å². The van der Waals surface area contributed by atoms with Crippen molar-refractivity contribution in [2.45, 2.75) is 31.7 Å². The predicted octanol–water partition coefficient (Wildman–Crippen LogP) is 5.29. The monoisotopic (exact) mass is 522 g/mol. The summed E-state index contributed by atoms with van der Waals surface area (Å²) in [5, 5.41) is 15.8. The molecule has 0 radical (unpaired) electrons. The molecule has 7 rings (SSSR count). The number of aromatic nitrogens is 4. The zero-order valence-electron chi connectivity index (χ0n) is 21.2. The first kappa shape index (κ1) is 23.6. The van der Waals surface area contributed by atoms with Gasteiger partial charge in [0.1, 0.15) is 22.9 Å². The maximum absolute atomic E-state index is 15.0. The number of amides is 1. The van der Waals surface area contributed by atoms with E-state index in [2.05, 4.69) is 15.3 Å². The summed E-state index contributed by atoms with van der Waals surface area (Å²) < 4.78 is 16.7. The molecule has 1 saturated carbocycles. The Morgan fingerprint density at radius 3 is 2.69 bits per heavy atom. The first-order chi connectivity index (χ1) is 19.0. The number of phenols is 1. The van der Waals surface area contributed by atoms with Gasteiger partial charge in [-0.3, -0.25) is 9.36 Å². The number of phenolic OH excluding ortho intramolecular Hbond substituents is 1. The molecular weight excluding hydrogens is 495 g/mol. The Kier molecular flexibility index (Phi) is 5.65. The number of benzene rings is 3. The van der Waals surface area contributed by atoms with Crippen molar-refractivity contribution in [3.05, 3.63) is 72.7 Å². The number of halogens is 1. The first-order valence-corrected chi connectivity index (χ1v) is 13.3. The molecule has 2 aliphatic rings. The van der Waals surface area contributed by atoms with Crippen LogP contribution in [0.4, 0.5) is 10.3 Å². The zero-order chi connectivity index (χ0) is 26.5. The predicted molar refractivity (Wildman–Crippen MR) is 147 cm³/mol. The number of carbonyl (C=O) groups is 1. The van der Waals surface area contributed by atoms with Gasteiger partial charge in [-0.15, -0.1) is 0 Å². The molecule has 2 aromatic heterocycles. The highest BCUT2D eigenvalue weighted by Crippen LogP contribution is 2.34. The van der Waals surface area contributed by atoms with Crippen molar-refractivity contribution < 1.29 is 14.3 Å². The highest BCUT2D eigenvalue weighted by atomic mass is 19.1. The van der Waals surface area contributed by atoms with Crippen molar-refractivity contribution in [3.63, 3.8) is 0 Å². The highest BCUT2D eigenvalue weighted by molar-refractivity contribution is 5.89. The maximum Gasteiger partial charge on any atom is 0.225 e. The van der Waals surface area contributed by atoms with Crippen LogP contribution in [0.5, 0.6) is 5.75 Å². The van der Waals surface area contributed by atoms with Crippen molar-refractivity contribution in [1.29, 1.82) is 0 Å². The minimum absolute atomic E-state index is 0.0395. The number of carbonyl (C=O) groups excluding carboxylic acids is 1. The summed E-state index contributed by atoms with van der Waals surface area (Å²) >= 11 is 0. The van der Waals surface area contributed by atoms with Gasteiger partial charge in [-0.2, -0.15) is 4.98 Å². The van der Waals surface area contributed by atoms with E-state index in [9.17, 15) is 14.3 Å². The number of nitrogens with one attached hydrogen (secondary N) is 1. The van der Waals surface area contributed by atoms with Crippen LogP contribution < -0.4 is 5.32 Å². The highest BCUT2D eigenvalue weighted by Gasteiger charge is 2.35. The van der Waals surface area contributed by atoms with E-state index in [1.54, 1.807) is 16.8 Å². The average molecular weight is 523 g/mol. The minimum atomic E-state index is -0.610. The molecule has 1 aliphatic heterocycles. The van der Waals surface area contributed by atoms with E-state index in [-0.39, 0.29) is 29.1 Å². The van der Waals surface area contributed by atoms with Crippen LogP contribution in [0.15, 0.2) is 66.9 Å². The Morgan fingerprint density at radius 2 is 1.85 bits per heavy atom. The van der Waals surface area contributed by atoms with Gasteiger partial charge < -0.3 is 15.3 Å². The summed E-state index contributed by atoms with van der Waals surface area (Å²) in [6.07, 6.45) is 5.47. The summed E-state index contributed by atoms with van der Waals surface area (Å²) in [5.41, 5.74) is 1.34. The van der Waals surface area contributed by atoms with Gasteiger partial charge >= 0.3 is 0 Å². The van der Waals surface area contributed by atoms with Gasteiger partial charge in [0.05, 0.1) is 5.52 Å². The van der Waals surface area contributed by atoms with Crippen LogP contribution in [0.3, 0.4) is 0 Å². The molecule has 1 atom stereocenters. The van der Waals surface area contributed by atoms with Gasteiger partial charge in [0.15, 0.2) is 5.82 Å². The van der Waals surface area contributed by atoms with E-state index in [0.29, 0.717) is 29.7 Å². The topological polar surface area (TPSA) is 96.2 Å². The zero-order valence-corrected chi connectivity index (χ0v) is 21.2. The van der Waals surface area contributed by atoms with Crippen molar-refractivity contribution in [3.8, 4) is 23.0 Å². The van der Waals surface area contributed by atoms with Crippen LogP contribution in [-0.4, -0.2) is 54.6 Å². The van der Waals surface area contributed by atoms with Crippen molar-refractivity contribution in [1.82, 2.24) is 24.4 Å². The van der Waals surface area contributed by atoms with Gasteiger partial charge in [-0.1, -0.05) is 36.4 Å². The first-order valence-electron chi connectivity index (χ1n) is 13.3. The SMILES string of the molecule is O=C(C1CC1)N1CCC[C@H](Nc2nccc(-n3c(-c4ccc5ccccc5c4)nc4c(F)cc(O)cc43)n2)C1. The van der Waals surface area contributed by atoms with Gasteiger partial charge in [0.25, 0.3) is 0 Å². The van der Waals surface area contributed by atoms with Crippen molar-refractivity contribution in [2.75, 3.05) is 18.4 Å². The number of hydrogen-bond acceptors (Lipinski definition) is 6. The quantitative estimate of drug-likeness (QED) is 0.326. The number of imidazole rings is 1. The molecular formula is C30H27FN6O2. The van der Waals surface area contributed by atoms with E-state index in [1.165, 1.54) is 6.07 Å². The molecule has 0 spiro atoms. The number of hydrogen-bond donors (Lipinski definition) is 2. The lowest BCUT2D eigenvalue weighted by molar-refractivity contribution is -0.133. The average Bonchev–Trinajstić information content (AvgIpc) is 3.73. The third kappa shape index (κ3) is 4.43. The summed E-state index contributed by atoms with van der Waals surface area (Å²) in [7, 11) is 0. The summed E-state index contributed by atoms with van der Waals surface area (Å²) in [6, 6.07) is 18.3. The second-order valence-electron chi connectivity index (χ2n) is 10.4. The Hall–Kier alpha value is -4.53. The number of rotatable bonds is 5. The molecule has 1 amide bonds. The lowest BCUT2D eigenvalue weighted by atomic mass is 10.1. The third-order valence-corrected chi connectivity index (χ3v) is 7.57. The number of anilines is 1. The normalized spacial score (nSPS) is 17.6. The number of piperidine rings is 1. The molecule has 0 unspecified atom stereocenters. The van der Waals surface area contributed by atoms with Gasteiger partial charge in [0, 0.05) is 48.9 Å². The lowest BCUT2D eigenvalue weighted by Gasteiger charge is -2.33. The van der Waals surface area contributed by atoms with Crippen LogP contribution in [-0.2, 0) is 4.79 Å². The third-order valence-electron chi connectivity index (χ3n) is 7.57. The molecule has 9 heteroatoms. The molecule has 2 N–H and O–H groups in total. The Labute approximate surface area is 224 Å². The summed E-state index contributed by atoms with van der Waals surface area (Å²) in [6.45, 7) is 1.41. The van der Waals surface area contributed by atoms with Crippen LogP contribution >= 0.6 is 0 Å². The van der Waals surface area contributed by atoms with Gasteiger partial charge in [-0.05, 0) is 48.6 Å².